The van der Waals surface area contributed by atoms with E-state index in [1.54, 1.807) is 0 Å². The van der Waals surface area contributed by atoms with Crippen LogP contribution in [0, 0.1) is 0 Å². The summed E-state index contributed by atoms with van der Waals surface area (Å²) < 4.78 is 0. The van der Waals surface area contributed by atoms with Crippen molar-refractivity contribution in [1.29, 1.82) is 0 Å². The topological polar surface area (TPSA) is 24.9 Å². The molecule has 0 aliphatic rings. The van der Waals surface area contributed by atoms with Crippen LogP contribution in [0.1, 0.15) is 45.1 Å². The van der Waals surface area contributed by atoms with E-state index < -0.39 is 0 Å². The third-order valence-corrected chi connectivity index (χ3v) is 3.85. The van der Waals surface area contributed by atoms with E-state index in [2.05, 4.69) is 48.4 Å². The minimum absolute atomic E-state index is 0.650. The molecule has 0 aliphatic heterocycles. The molecule has 1 unspecified atom stereocenters. The number of fused-ring (bicyclic) bond motifs is 1. The van der Waals surface area contributed by atoms with Gasteiger partial charge in [0.1, 0.15) is 0 Å². The Hall–Kier alpha value is -1.41. The van der Waals surface area contributed by atoms with Crippen molar-refractivity contribution in [3.05, 3.63) is 42.2 Å². The first-order valence-electron chi connectivity index (χ1n) is 7.90. The number of rotatable bonds is 8. The number of aromatic nitrogens is 1. The van der Waals surface area contributed by atoms with Gasteiger partial charge in [-0.15, -0.1) is 0 Å². The molecule has 1 aromatic carbocycles. The SMILES string of the molecule is CCCNC(CCC)CCc1cccc2cnccc12. The Labute approximate surface area is 122 Å². The van der Waals surface area contributed by atoms with Crippen LogP contribution in [0.3, 0.4) is 0 Å². The van der Waals surface area contributed by atoms with Crippen molar-refractivity contribution in [1.82, 2.24) is 10.3 Å². The van der Waals surface area contributed by atoms with Crippen molar-refractivity contribution in [3.8, 4) is 0 Å². The molecule has 0 amide bonds. The van der Waals surface area contributed by atoms with Gasteiger partial charge in [0.15, 0.2) is 0 Å². The Bertz CT molecular complexity index is 516. The van der Waals surface area contributed by atoms with Crippen LogP contribution in [0.15, 0.2) is 36.7 Å². The standard InChI is InChI=1S/C18H26N2/c1-3-6-17(20-12-4-2)10-9-15-7-5-8-16-14-19-13-11-18(15)16/h5,7-8,11,13-14,17,20H,3-4,6,9-10,12H2,1-2H3. The second kappa shape index (κ2) is 8.01. The molecule has 2 rings (SSSR count). The second-order valence-corrected chi connectivity index (χ2v) is 5.49. The molecule has 2 aromatic rings. The molecule has 0 aliphatic carbocycles. The van der Waals surface area contributed by atoms with Crippen molar-refractivity contribution in [2.45, 2.75) is 52.0 Å². The van der Waals surface area contributed by atoms with Crippen LogP contribution in [0.4, 0.5) is 0 Å². The van der Waals surface area contributed by atoms with Crippen LogP contribution < -0.4 is 5.32 Å². The summed E-state index contributed by atoms with van der Waals surface area (Å²) in [4.78, 5) is 4.21. The van der Waals surface area contributed by atoms with E-state index in [-0.39, 0.29) is 0 Å². The zero-order chi connectivity index (χ0) is 14.2. The highest BCUT2D eigenvalue weighted by Gasteiger charge is 2.08. The Morgan fingerprint density at radius 2 is 2.00 bits per heavy atom. The molecule has 1 N–H and O–H groups in total. The van der Waals surface area contributed by atoms with Gasteiger partial charge in [0.25, 0.3) is 0 Å². The van der Waals surface area contributed by atoms with E-state index in [4.69, 9.17) is 0 Å². The van der Waals surface area contributed by atoms with E-state index in [1.807, 2.05) is 12.4 Å². The zero-order valence-corrected chi connectivity index (χ0v) is 12.7. The van der Waals surface area contributed by atoms with Crippen LogP contribution >= 0.6 is 0 Å². The number of hydrogen-bond donors (Lipinski definition) is 1. The predicted molar refractivity (Wildman–Crippen MR) is 87.1 cm³/mol. The van der Waals surface area contributed by atoms with Gasteiger partial charge in [-0.2, -0.15) is 0 Å². The first-order valence-corrected chi connectivity index (χ1v) is 7.90. The smallest absolute Gasteiger partial charge is 0.0346 e. The van der Waals surface area contributed by atoms with Crippen LogP contribution in [0.5, 0.6) is 0 Å². The summed E-state index contributed by atoms with van der Waals surface area (Å²) in [7, 11) is 0. The fourth-order valence-electron chi connectivity index (χ4n) is 2.78. The number of pyridine rings is 1. The molecule has 0 saturated carbocycles. The number of aryl methyl sites for hydroxylation is 1. The van der Waals surface area contributed by atoms with Crippen molar-refractivity contribution in [2.24, 2.45) is 0 Å². The van der Waals surface area contributed by atoms with Crippen molar-refractivity contribution >= 4 is 10.8 Å². The Morgan fingerprint density at radius 3 is 2.80 bits per heavy atom. The molecule has 0 saturated heterocycles. The molecule has 0 bridgehead atoms. The summed E-state index contributed by atoms with van der Waals surface area (Å²) in [5, 5.41) is 6.28. The van der Waals surface area contributed by atoms with Crippen LogP contribution in [-0.4, -0.2) is 17.6 Å². The summed E-state index contributed by atoms with van der Waals surface area (Å²) in [6.07, 6.45) is 9.94. The van der Waals surface area contributed by atoms with Crippen LogP contribution in [-0.2, 0) is 6.42 Å². The van der Waals surface area contributed by atoms with Gasteiger partial charge < -0.3 is 5.32 Å². The van der Waals surface area contributed by atoms with Gasteiger partial charge in [-0.3, -0.25) is 4.98 Å². The summed E-state index contributed by atoms with van der Waals surface area (Å²) >= 11 is 0. The Morgan fingerprint density at radius 1 is 1.10 bits per heavy atom. The molecule has 2 heteroatoms. The van der Waals surface area contributed by atoms with Gasteiger partial charge in [0.05, 0.1) is 0 Å². The molecule has 1 atom stereocenters. The monoisotopic (exact) mass is 270 g/mol. The first kappa shape index (κ1) is 15.0. The van der Waals surface area contributed by atoms with Gasteiger partial charge in [0.2, 0.25) is 0 Å². The van der Waals surface area contributed by atoms with Gasteiger partial charge in [-0.25, -0.2) is 0 Å². The highest BCUT2D eigenvalue weighted by molar-refractivity contribution is 5.84. The lowest BCUT2D eigenvalue weighted by Crippen LogP contribution is -2.30. The molecule has 2 nitrogen and oxygen atoms in total. The van der Waals surface area contributed by atoms with E-state index >= 15 is 0 Å². The summed E-state index contributed by atoms with van der Waals surface area (Å²) in [5.74, 6) is 0. The first-order chi connectivity index (χ1) is 9.85. The largest absolute Gasteiger partial charge is 0.314 e. The number of nitrogens with one attached hydrogen (secondary N) is 1. The second-order valence-electron chi connectivity index (χ2n) is 5.49. The highest BCUT2D eigenvalue weighted by Crippen LogP contribution is 2.19. The average molecular weight is 270 g/mol. The van der Waals surface area contributed by atoms with Crippen LogP contribution in [0.2, 0.25) is 0 Å². The molecular weight excluding hydrogens is 244 g/mol. The minimum atomic E-state index is 0.650. The molecule has 20 heavy (non-hydrogen) atoms. The lowest BCUT2D eigenvalue weighted by atomic mass is 9.98. The molecule has 1 aromatic heterocycles. The third-order valence-electron chi connectivity index (χ3n) is 3.85. The van der Waals surface area contributed by atoms with Crippen molar-refractivity contribution < 1.29 is 0 Å². The Kier molecular flexibility index (Phi) is 6.00. The molecule has 0 radical (unpaired) electrons. The summed E-state index contributed by atoms with van der Waals surface area (Å²) in [6, 6.07) is 9.33. The molecule has 0 spiro atoms. The molecule has 108 valence electrons. The Balaban J connectivity index is 2.03. The lowest BCUT2D eigenvalue weighted by Gasteiger charge is -2.18. The predicted octanol–water partition coefficient (Wildman–Crippen LogP) is 4.34. The number of hydrogen-bond acceptors (Lipinski definition) is 2. The van der Waals surface area contributed by atoms with Gasteiger partial charge in [0, 0.05) is 23.8 Å². The number of nitrogens with zero attached hydrogens (tertiary/aromatic N) is 1. The maximum Gasteiger partial charge on any atom is 0.0346 e. The minimum Gasteiger partial charge on any atom is -0.314 e. The normalized spacial score (nSPS) is 12.7. The summed E-state index contributed by atoms with van der Waals surface area (Å²) in [6.45, 7) is 5.63. The van der Waals surface area contributed by atoms with Crippen molar-refractivity contribution in [2.75, 3.05) is 6.54 Å². The molecule has 1 heterocycles. The average Bonchev–Trinajstić information content (AvgIpc) is 2.50. The maximum absolute atomic E-state index is 4.21. The lowest BCUT2D eigenvalue weighted by molar-refractivity contribution is 0.449. The van der Waals surface area contributed by atoms with Gasteiger partial charge in [-0.1, -0.05) is 38.5 Å². The van der Waals surface area contributed by atoms with Crippen molar-refractivity contribution in [3.63, 3.8) is 0 Å². The van der Waals surface area contributed by atoms with E-state index in [0.29, 0.717) is 6.04 Å². The quantitative estimate of drug-likeness (QED) is 0.772. The third kappa shape index (κ3) is 4.04. The number of benzene rings is 1. The zero-order valence-electron chi connectivity index (χ0n) is 12.7. The molecular formula is C18H26N2. The van der Waals surface area contributed by atoms with E-state index in [9.17, 15) is 0 Å². The fraction of sp³-hybridized carbons (Fsp3) is 0.500. The van der Waals surface area contributed by atoms with Gasteiger partial charge >= 0.3 is 0 Å². The van der Waals surface area contributed by atoms with Gasteiger partial charge in [-0.05, 0) is 49.2 Å². The van der Waals surface area contributed by atoms with E-state index in [0.717, 1.165) is 13.0 Å². The fourth-order valence-corrected chi connectivity index (χ4v) is 2.78. The molecule has 0 fully saturated rings. The van der Waals surface area contributed by atoms with E-state index in [1.165, 1.54) is 42.0 Å². The highest BCUT2D eigenvalue weighted by atomic mass is 14.9. The van der Waals surface area contributed by atoms with Crippen LogP contribution in [0.25, 0.3) is 10.8 Å². The summed E-state index contributed by atoms with van der Waals surface area (Å²) in [5.41, 5.74) is 1.45. The maximum atomic E-state index is 4.21.